The molecule has 0 aliphatic heterocycles. The van der Waals surface area contributed by atoms with E-state index in [1.165, 1.54) is 24.0 Å². The molecule has 0 radical (unpaired) electrons. The number of alkyl carbamates (subject to hydrolysis) is 1. The normalized spacial score (nSPS) is 16.0. The standard InChI is InChI=1S/C18H27BrN2O2/c1-12-9-13(5-8-15(12)19)10-20-16(14-6-7-14)11-21-17(22)23-18(2,3)4/h5,8-9,14,16,20H,6-7,10-11H2,1-4H3,(H,21,22). The number of benzene rings is 1. The van der Waals surface area contributed by atoms with Crippen LogP contribution in [0.1, 0.15) is 44.7 Å². The SMILES string of the molecule is Cc1cc(CNC(CNC(=O)OC(C)(C)C)C2CC2)ccc1Br. The summed E-state index contributed by atoms with van der Waals surface area (Å²) in [6, 6.07) is 6.68. The molecule has 4 nitrogen and oxygen atoms in total. The minimum atomic E-state index is -0.457. The van der Waals surface area contributed by atoms with E-state index in [2.05, 4.69) is 51.7 Å². The van der Waals surface area contributed by atoms with Gasteiger partial charge in [0.2, 0.25) is 0 Å². The highest BCUT2D eigenvalue weighted by Crippen LogP contribution is 2.32. The zero-order valence-corrected chi connectivity index (χ0v) is 16.0. The lowest BCUT2D eigenvalue weighted by Crippen LogP contribution is -2.43. The summed E-state index contributed by atoms with van der Waals surface area (Å²) in [5.41, 5.74) is 2.04. The molecule has 5 heteroatoms. The van der Waals surface area contributed by atoms with Gasteiger partial charge in [-0.25, -0.2) is 4.79 Å². The molecule has 0 aromatic heterocycles. The van der Waals surface area contributed by atoms with Crippen molar-refractivity contribution < 1.29 is 9.53 Å². The Bertz CT molecular complexity index is 550. The molecular weight excluding hydrogens is 356 g/mol. The van der Waals surface area contributed by atoms with E-state index in [9.17, 15) is 4.79 Å². The van der Waals surface area contributed by atoms with Crippen LogP contribution in [0.4, 0.5) is 4.79 Å². The van der Waals surface area contributed by atoms with Gasteiger partial charge in [-0.15, -0.1) is 0 Å². The highest BCUT2D eigenvalue weighted by molar-refractivity contribution is 9.10. The van der Waals surface area contributed by atoms with Crippen LogP contribution in [0.3, 0.4) is 0 Å². The fourth-order valence-corrected chi connectivity index (χ4v) is 2.72. The second-order valence-corrected chi connectivity index (χ2v) is 8.15. The van der Waals surface area contributed by atoms with Crippen LogP contribution in [0.2, 0.25) is 0 Å². The van der Waals surface area contributed by atoms with Crippen LogP contribution in [-0.4, -0.2) is 24.3 Å². The van der Waals surface area contributed by atoms with Gasteiger partial charge in [-0.05, 0) is 63.6 Å². The molecule has 1 aliphatic carbocycles. The summed E-state index contributed by atoms with van der Waals surface area (Å²) in [7, 11) is 0. The molecule has 0 heterocycles. The maximum Gasteiger partial charge on any atom is 0.407 e. The molecule has 1 atom stereocenters. The van der Waals surface area contributed by atoms with Gasteiger partial charge in [0.05, 0.1) is 0 Å². The second-order valence-electron chi connectivity index (χ2n) is 7.29. The molecule has 23 heavy (non-hydrogen) atoms. The summed E-state index contributed by atoms with van der Waals surface area (Å²) in [6.45, 7) is 9.13. The van der Waals surface area contributed by atoms with E-state index in [1.54, 1.807) is 0 Å². The van der Waals surface area contributed by atoms with Crippen LogP contribution in [0, 0.1) is 12.8 Å². The van der Waals surface area contributed by atoms with Gasteiger partial charge in [0.25, 0.3) is 0 Å². The van der Waals surface area contributed by atoms with Crippen LogP contribution in [-0.2, 0) is 11.3 Å². The first-order valence-corrected chi connectivity index (χ1v) is 8.99. The molecule has 2 rings (SSSR count). The average Bonchev–Trinajstić information content (AvgIpc) is 3.25. The predicted molar refractivity (Wildman–Crippen MR) is 96.5 cm³/mol. The Morgan fingerprint density at radius 3 is 2.65 bits per heavy atom. The van der Waals surface area contributed by atoms with Gasteiger partial charge < -0.3 is 15.4 Å². The molecule has 1 unspecified atom stereocenters. The molecular formula is C18H27BrN2O2. The zero-order chi connectivity index (χ0) is 17.0. The molecule has 1 amide bonds. The van der Waals surface area contributed by atoms with E-state index in [-0.39, 0.29) is 6.09 Å². The number of halogens is 1. The maximum absolute atomic E-state index is 11.8. The number of rotatable bonds is 6. The topological polar surface area (TPSA) is 50.4 Å². The van der Waals surface area contributed by atoms with Crippen molar-refractivity contribution in [2.45, 2.75) is 58.7 Å². The minimum Gasteiger partial charge on any atom is -0.444 e. The van der Waals surface area contributed by atoms with Gasteiger partial charge >= 0.3 is 6.09 Å². The molecule has 1 fully saturated rings. The van der Waals surface area contributed by atoms with Crippen molar-refractivity contribution in [2.75, 3.05) is 6.54 Å². The molecule has 0 saturated heterocycles. The first kappa shape index (κ1) is 18.3. The van der Waals surface area contributed by atoms with E-state index in [4.69, 9.17) is 4.74 Å². The van der Waals surface area contributed by atoms with Crippen molar-refractivity contribution in [1.29, 1.82) is 0 Å². The maximum atomic E-state index is 11.8. The number of carbonyl (C=O) groups is 1. The number of ether oxygens (including phenoxy) is 1. The van der Waals surface area contributed by atoms with E-state index < -0.39 is 5.60 Å². The Morgan fingerprint density at radius 2 is 2.09 bits per heavy atom. The molecule has 1 aliphatic rings. The molecule has 1 aromatic carbocycles. The summed E-state index contributed by atoms with van der Waals surface area (Å²) in [5.74, 6) is 0.654. The number of amides is 1. The fraction of sp³-hybridized carbons (Fsp3) is 0.611. The Labute approximate surface area is 147 Å². The summed E-state index contributed by atoms with van der Waals surface area (Å²) in [5, 5.41) is 6.46. The zero-order valence-electron chi connectivity index (χ0n) is 14.4. The first-order chi connectivity index (χ1) is 10.7. The lowest BCUT2D eigenvalue weighted by atomic mass is 10.1. The van der Waals surface area contributed by atoms with Crippen molar-refractivity contribution in [2.24, 2.45) is 5.92 Å². The Hall–Kier alpha value is -1.07. The van der Waals surface area contributed by atoms with Crippen molar-refractivity contribution in [3.63, 3.8) is 0 Å². The Kier molecular flexibility index (Phi) is 6.09. The van der Waals surface area contributed by atoms with E-state index in [0.717, 1.165) is 11.0 Å². The average molecular weight is 383 g/mol. The second kappa shape index (κ2) is 7.67. The van der Waals surface area contributed by atoms with E-state index >= 15 is 0 Å². The summed E-state index contributed by atoms with van der Waals surface area (Å²) >= 11 is 3.53. The van der Waals surface area contributed by atoms with Crippen molar-refractivity contribution in [3.05, 3.63) is 33.8 Å². The van der Waals surface area contributed by atoms with E-state index in [1.807, 2.05) is 20.8 Å². The third kappa shape index (κ3) is 6.51. The third-order valence-corrected chi connectivity index (χ3v) is 4.74. The van der Waals surface area contributed by atoms with Crippen molar-refractivity contribution >= 4 is 22.0 Å². The predicted octanol–water partition coefficient (Wildman–Crippen LogP) is 4.15. The molecule has 2 N–H and O–H groups in total. The highest BCUT2D eigenvalue weighted by atomic mass is 79.9. The van der Waals surface area contributed by atoms with Crippen molar-refractivity contribution in [3.8, 4) is 0 Å². The molecule has 1 saturated carbocycles. The van der Waals surface area contributed by atoms with Gasteiger partial charge in [0.1, 0.15) is 5.60 Å². The van der Waals surface area contributed by atoms with Gasteiger partial charge in [0, 0.05) is 23.6 Å². The number of aryl methyl sites for hydroxylation is 1. The quantitative estimate of drug-likeness (QED) is 0.776. The van der Waals surface area contributed by atoms with E-state index in [0.29, 0.717) is 18.5 Å². The number of hydrogen-bond acceptors (Lipinski definition) is 3. The number of nitrogens with one attached hydrogen (secondary N) is 2. The van der Waals surface area contributed by atoms with Gasteiger partial charge in [-0.2, -0.15) is 0 Å². The first-order valence-electron chi connectivity index (χ1n) is 8.20. The summed E-state index contributed by atoms with van der Waals surface area (Å²) in [6.07, 6.45) is 2.12. The lowest BCUT2D eigenvalue weighted by Gasteiger charge is -2.22. The monoisotopic (exact) mass is 382 g/mol. The highest BCUT2D eigenvalue weighted by Gasteiger charge is 2.31. The van der Waals surface area contributed by atoms with Crippen molar-refractivity contribution in [1.82, 2.24) is 10.6 Å². The third-order valence-electron chi connectivity index (χ3n) is 3.85. The molecule has 0 spiro atoms. The summed E-state index contributed by atoms with van der Waals surface area (Å²) in [4.78, 5) is 11.8. The van der Waals surface area contributed by atoms with Gasteiger partial charge in [-0.3, -0.25) is 0 Å². The molecule has 1 aromatic rings. The minimum absolute atomic E-state index is 0.298. The van der Waals surface area contributed by atoms with Crippen LogP contribution >= 0.6 is 15.9 Å². The Balaban J connectivity index is 1.82. The van der Waals surface area contributed by atoms with Crippen LogP contribution in [0.15, 0.2) is 22.7 Å². The molecule has 0 bridgehead atoms. The fourth-order valence-electron chi connectivity index (χ4n) is 2.48. The number of carbonyl (C=O) groups excluding carboxylic acids is 1. The summed E-state index contributed by atoms with van der Waals surface area (Å²) < 4.78 is 6.43. The van der Waals surface area contributed by atoms with Gasteiger partial charge in [-0.1, -0.05) is 28.1 Å². The largest absolute Gasteiger partial charge is 0.444 e. The van der Waals surface area contributed by atoms with Gasteiger partial charge in [0.15, 0.2) is 0 Å². The van der Waals surface area contributed by atoms with Crippen LogP contribution in [0.25, 0.3) is 0 Å². The lowest BCUT2D eigenvalue weighted by molar-refractivity contribution is 0.0521. The van der Waals surface area contributed by atoms with Crippen LogP contribution < -0.4 is 10.6 Å². The molecule has 128 valence electrons. The smallest absolute Gasteiger partial charge is 0.407 e. The van der Waals surface area contributed by atoms with Crippen LogP contribution in [0.5, 0.6) is 0 Å². The number of hydrogen-bond donors (Lipinski definition) is 2. The Morgan fingerprint density at radius 1 is 1.39 bits per heavy atom.